The van der Waals surface area contributed by atoms with E-state index in [1.165, 1.54) is 6.07 Å². The molecule has 2 N–H and O–H groups in total. The molecule has 6 heterocycles. The van der Waals surface area contributed by atoms with Crippen LogP contribution in [-0.4, -0.2) is 83.4 Å². The van der Waals surface area contributed by atoms with Gasteiger partial charge in [-0.2, -0.15) is 9.97 Å². The molecule has 4 fully saturated rings. The zero-order valence-corrected chi connectivity index (χ0v) is 30.5. The number of rotatable bonds is 9. The Balaban J connectivity index is 1.09. The molecule has 0 bridgehead atoms. The van der Waals surface area contributed by atoms with Crippen LogP contribution in [0, 0.1) is 5.82 Å². The fourth-order valence-electron chi connectivity index (χ4n) is 9.50. The lowest BCUT2D eigenvalue weighted by atomic mass is 9.88. The van der Waals surface area contributed by atoms with Crippen LogP contribution in [-0.2, 0) is 30.8 Å². The van der Waals surface area contributed by atoms with E-state index in [0.29, 0.717) is 82.0 Å². The number of piperidine rings is 1. The Hall–Kier alpha value is -5.04. The van der Waals surface area contributed by atoms with Crippen molar-refractivity contribution < 1.29 is 27.8 Å². The van der Waals surface area contributed by atoms with Gasteiger partial charge in [0.25, 0.3) is 5.91 Å². The van der Waals surface area contributed by atoms with Crippen molar-refractivity contribution in [2.75, 3.05) is 49.1 Å². The summed E-state index contributed by atoms with van der Waals surface area (Å²) in [4.78, 5) is 41.9. The van der Waals surface area contributed by atoms with E-state index in [2.05, 4.69) is 25.3 Å². The molecular weight excluding hydrogens is 692 g/mol. The second kappa shape index (κ2) is 13.7. The first-order chi connectivity index (χ1) is 26.2. The number of carbonyl (C=O) groups is 2. The van der Waals surface area contributed by atoms with E-state index < -0.39 is 17.7 Å². The fraction of sp³-hybridized carbons (Fsp3) is 0.463. The second-order valence-corrected chi connectivity index (χ2v) is 15.5. The van der Waals surface area contributed by atoms with Crippen LogP contribution in [0.1, 0.15) is 61.4 Å². The molecule has 0 radical (unpaired) electrons. The fourth-order valence-corrected chi connectivity index (χ4v) is 9.50. The molecule has 0 aliphatic carbocycles. The minimum Gasteiger partial charge on any atom is -0.489 e. The Morgan fingerprint density at radius 1 is 0.981 bits per heavy atom. The molecule has 4 aromatic rings. The third kappa shape index (κ3) is 6.15. The molecule has 13 heteroatoms. The number of aromatic nitrogens is 2. The summed E-state index contributed by atoms with van der Waals surface area (Å²) in [6, 6.07) is 17.0. The first-order valence-electron chi connectivity index (χ1n) is 19.2. The summed E-state index contributed by atoms with van der Waals surface area (Å²) in [5, 5.41) is 7.05. The second-order valence-electron chi connectivity index (χ2n) is 15.5. The molecule has 0 unspecified atom stereocenters. The van der Waals surface area contributed by atoms with Crippen LogP contribution in [0.4, 0.5) is 25.1 Å². The molecule has 282 valence electrons. The highest BCUT2D eigenvalue weighted by Gasteiger charge is 2.51. The van der Waals surface area contributed by atoms with Gasteiger partial charge in [0.15, 0.2) is 0 Å². The summed E-state index contributed by atoms with van der Waals surface area (Å²) < 4.78 is 42.9. The summed E-state index contributed by atoms with van der Waals surface area (Å²) in [5.41, 5.74) is 2.86. The summed E-state index contributed by atoms with van der Waals surface area (Å²) in [5.74, 6) is 0.798. The standard InChI is InChI=1S/C41H45F2N7O4/c1-2-30-32(43)11-10-27-18-29(53-23-26-8-4-3-5-9-26)19-34(35(27)30)48-17-12-31-33(22-48)44-39(54-25-40-13-6-16-50(40)21-28(42)20-40)45-36(31)49-15-7-14-41(24-49)37(51)46-38(52)47-41/h3-5,8-11,18-19,28H,2,6-7,12-17,20-25H2,1H3,(H2,46,47,51,52)/t28-,40+,41-/m1/s1. The average molecular weight is 738 g/mol. The third-order valence-electron chi connectivity index (χ3n) is 12.1. The van der Waals surface area contributed by atoms with Crippen LogP contribution in [0.2, 0.25) is 0 Å². The number of alkyl halides is 1. The summed E-state index contributed by atoms with van der Waals surface area (Å²) in [7, 11) is 0. The van der Waals surface area contributed by atoms with Crippen LogP contribution in [0.5, 0.6) is 11.8 Å². The van der Waals surface area contributed by atoms with Crippen molar-refractivity contribution >= 4 is 34.2 Å². The number of hydrogen-bond donors (Lipinski definition) is 2. The van der Waals surface area contributed by atoms with Crippen molar-refractivity contribution in [3.63, 3.8) is 0 Å². The molecule has 4 saturated heterocycles. The number of nitrogens with zero attached hydrogens (tertiary/aromatic N) is 5. The van der Waals surface area contributed by atoms with E-state index >= 15 is 4.39 Å². The molecule has 0 saturated carbocycles. The number of ether oxygens (including phenoxy) is 2. The Labute approximate surface area is 313 Å². The topological polar surface area (TPSA) is 112 Å². The van der Waals surface area contributed by atoms with Crippen LogP contribution in [0.3, 0.4) is 0 Å². The van der Waals surface area contributed by atoms with E-state index in [1.807, 2.05) is 55.5 Å². The Kier molecular flexibility index (Phi) is 8.79. The number of hydrogen-bond acceptors (Lipinski definition) is 9. The molecule has 9 rings (SSSR count). The van der Waals surface area contributed by atoms with Crippen molar-refractivity contribution in [1.29, 1.82) is 0 Å². The number of fused-ring (bicyclic) bond motifs is 3. The molecule has 1 spiro atoms. The van der Waals surface area contributed by atoms with Crippen molar-refractivity contribution in [1.82, 2.24) is 25.5 Å². The largest absolute Gasteiger partial charge is 0.489 e. The molecule has 3 aromatic carbocycles. The predicted octanol–water partition coefficient (Wildman–Crippen LogP) is 5.61. The Morgan fingerprint density at radius 3 is 2.65 bits per heavy atom. The zero-order chi connectivity index (χ0) is 37.0. The van der Waals surface area contributed by atoms with E-state index in [1.54, 1.807) is 0 Å². The first kappa shape index (κ1) is 34.7. The van der Waals surface area contributed by atoms with E-state index in [4.69, 9.17) is 19.4 Å². The van der Waals surface area contributed by atoms with Gasteiger partial charge in [0.05, 0.1) is 24.3 Å². The van der Waals surface area contributed by atoms with Gasteiger partial charge < -0.3 is 24.6 Å². The lowest BCUT2D eigenvalue weighted by Gasteiger charge is -2.40. The summed E-state index contributed by atoms with van der Waals surface area (Å²) >= 11 is 0. The molecular formula is C41H45F2N7O4. The quantitative estimate of drug-likeness (QED) is 0.212. The van der Waals surface area contributed by atoms with Gasteiger partial charge in [-0.25, -0.2) is 13.6 Å². The summed E-state index contributed by atoms with van der Waals surface area (Å²) in [6.07, 6.45) is 3.70. The monoisotopic (exact) mass is 737 g/mol. The van der Waals surface area contributed by atoms with Gasteiger partial charge in [-0.05, 0) is 73.7 Å². The normalized spacial score (nSPS) is 25.2. The lowest BCUT2D eigenvalue weighted by molar-refractivity contribution is -0.124. The summed E-state index contributed by atoms with van der Waals surface area (Å²) in [6.45, 7) is 5.82. The highest BCUT2D eigenvalue weighted by molar-refractivity contribution is 6.07. The lowest BCUT2D eigenvalue weighted by Crippen LogP contribution is -2.59. The van der Waals surface area contributed by atoms with Gasteiger partial charge >= 0.3 is 12.0 Å². The number of nitrogens with one attached hydrogen (secondary N) is 2. The molecule has 1 aromatic heterocycles. The van der Waals surface area contributed by atoms with Crippen molar-refractivity contribution in [3.05, 3.63) is 82.8 Å². The maximum atomic E-state index is 15.4. The van der Waals surface area contributed by atoms with Crippen molar-refractivity contribution in [2.45, 2.75) is 82.3 Å². The number of carbonyl (C=O) groups excluding carboxylic acids is 2. The van der Waals surface area contributed by atoms with Crippen LogP contribution >= 0.6 is 0 Å². The first-order valence-corrected chi connectivity index (χ1v) is 19.2. The SMILES string of the molecule is CCc1c(F)ccc2cc(OCc3ccccc3)cc(N3CCc4c(nc(OC[C@@]56CCCN5C[C@H](F)C6)nc4N4CCC[C@]5(C4)NC(=O)NC5=O)C3)c12. The average Bonchev–Trinajstić information content (AvgIpc) is 3.80. The number of benzene rings is 3. The minimum absolute atomic E-state index is 0.207. The van der Waals surface area contributed by atoms with Crippen LogP contribution in [0.15, 0.2) is 54.6 Å². The van der Waals surface area contributed by atoms with E-state index in [0.717, 1.165) is 52.7 Å². The molecule has 54 heavy (non-hydrogen) atoms. The maximum Gasteiger partial charge on any atom is 0.322 e. The Bertz CT molecular complexity index is 2120. The van der Waals surface area contributed by atoms with Crippen LogP contribution in [0.25, 0.3) is 10.8 Å². The Morgan fingerprint density at radius 2 is 1.83 bits per heavy atom. The van der Waals surface area contributed by atoms with Gasteiger partial charge in [-0.1, -0.05) is 43.3 Å². The molecule has 5 aliphatic rings. The molecule has 5 aliphatic heterocycles. The minimum atomic E-state index is -1.04. The molecule has 3 atom stereocenters. The van der Waals surface area contributed by atoms with Crippen molar-refractivity contribution in [3.8, 4) is 11.8 Å². The van der Waals surface area contributed by atoms with E-state index in [-0.39, 0.29) is 36.4 Å². The number of urea groups is 1. The molecule has 3 amide bonds. The van der Waals surface area contributed by atoms with Gasteiger partial charge in [0, 0.05) is 48.8 Å². The number of halogens is 2. The van der Waals surface area contributed by atoms with Gasteiger partial charge in [-0.3, -0.25) is 15.0 Å². The van der Waals surface area contributed by atoms with E-state index in [9.17, 15) is 14.0 Å². The number of aryl methyl sites for hydroxylation is 1. The highest BCUT2D eigenvalue weighted by atomic mass is 19.1. The highest BCUT2D eigenvalue weighted by Crippen LogP contribution is 2.42. The number of anilines is 2. The maximum absolute atomic E-state index is 15.4. The molecule has 11 nitrogen and oxygen atoms in total. The van der Waals surface area contributed by atoms with Crippen LogP contribution < -0.4 is 29.9 Å². The zero-order valence-electron chi connectivity index (χ0n) is 30.5. The smallest absolute Gasteiger partial charge is 0.322 e. The number of imide groups is 1. The van der Waals surface area contributed by atoms with Gasteiger partial charge in [0.1, 0.15) is 42.3 Å². The van der Waals surface area contributed by atoms with Gasteiger partial charge in [0.2, 0.25) is 0 Å². The number of amides is 3. The third-order valence-corrected chi connectivity index (χ3v) is 12.1. The van der Waals surface area contributed by atoms with Crippen molar-refractivity contribution in [2.24, 2.45) is 0 Å². The van der Waals surface area contributed by atoms with Gasteiger partial charge in [-0.15, -0.1) is 0 Å². The predicted molar refractivity (Wildman–Crippen MR) is 200 cm³/mol.